The fourth-order valence-corrected chi connectivity index (χ4v) is 2.33. The van der Waals surface area contributed by atoms with Crippen LogP contribution < -0.4 is 25.0 Å². The smallest absolute Gasteiger partial charge is 0.259 e. The first kappa shape index (κ1) is 20.8. The van der Waals surface area contributed by atoms with Crippen LogP contribution in [0.2, 0.25) is 0 Å². The summed E-state index contributed by atoms with van der Waals surface area (Å²) in [7, 11) is 2.99. The number of hydrazone groups is 1. The number of ether oxygens (including phenoxy) is 3. The van der Waals surface area contributed by atoms with Crippen molar-refractivity contribution >= 4 is 18.0 Å². The van der Waals surface area contributed by atoms with Gasteiger partial charge in [0.2, 0.25) is 0 Å². The van der Waals surface area contributed by atoms with Gasteiger partial charge in [-0.2, -0.15) is 5.10 Å². The summed E-state index contributed by atoms with van der Waals surface area (Å²) in [5, 5.41) is 6.41. The van der Waals surface area contributed by atoms with Gasteiger partial charge in [-0.25, -0.2) is 5.43 Å². The molecule has 0 spiro atoms. The van der Waals surface area contributed by atoms with Gasteiger partial charge in [-0.05, 0) is 37.3 Å². The molecular formula is C20H23N3O5. The summed E-state index contributed by atoms with van der Waals surface area (Å²) in [6.45, 7) is 2.19. The van der Waals surface area contributed by atoms with Gasteiger partial charge in [0, 0.05) is 11.1 Å². The Kier molecular flexibility index (Phi) is 7.83. The lowest BCUT2D eigenvalue weighted by molar-refractivity contribution is -0.120. The maximum Gasteiger partial charge on any atom is 0.259 e. The van der Waals surface area contributed by atoms with E-state index in [0.29, 0.717) is 29.4 Å². The molecule has 0 fully saturated rings. The van der Waals surface area contributed by atoms with Crippen LogP contribution in [0.1, 0.15) is 22.8 Å². The Hall–Kier alpha value is -3.55. The standard InChI is InChI=1S/C20H23N3O5/c1-4-28-16-8-6-5-7-15(16)12-22-23-19(24)13-21-20(25)14-9-10-17(26-2)18(11-14)27-3/h5-12H,4,13H2,1-3H3,(H,21,25)(H,23,24)/b22-12+. The number of carbonyl (C=O) groups is 2. The predicted molar refractivity (Wildman–Crippen MR) is 105 cm³/mol. The second-order valence-corrected chi connectivity index (χ2v) is 5.52. The van der Waals surface area contributed by atoms with Gasteiger partial charge in [0.1, 0.15) is 5.75 Å². The third-order valence-electron chi connectivity index (χ3n) is 3.67. The topological polar surface area (TPSA) is 98.2 Å². The maximum atomic E-state index is 12.2. The number of para-hydroxylation sites is 1. The van der Waals surface area contributed by atoms with Crippen LogP contribution in [-0.4, -0.2) is 45.4 Å². The molecule has 2 rings (SSSR count). The Morgan fingerprint density at radius 1 is 1.04 bits per heavy atom. The summed E-state index contributed by atoms with van der Waals surface area (Å²) in [6.07, 6.45) is 1.49. The highest BCUT2D eigenvalue weighted by atomic mass is 16.5. The zero-order valence-electron chi connectivity index (χ0n) is 16.0. The van der Waals surface area contributed by atoms with Crippen molar-refractivity contribution in [3.63, 3.8) is 0 Å². The van der Waals surface area contributed by atoms with E-state index >= 15 is 0 Å². The average molecular weight is 385 g/mol. The summed E-state index contributed by atoms with van der Waals surface area (Å²) in [5.41, 5.74) is 3.45. The van der Waals surface area contributed by atoms with Gasteiger partial charge in [-0.15, -0.1) is 0 Å². The van der Waals surface area contributed by atoms with Crippen molar-refractivity contribution in [2.24, 2.45) is 5.10 Å². The SMILES string of the molecule is CCOc1ccccc1/C=N/NC(=O)CNC(=O)c1ccc(OC)c(OC)c1. The number of nitrogens with zero attached hydrogens (tertiary/aromatic N) is 1. The quantitative estimate of drug-likeness (QED) is 0.508. The highest BCUT2D eigenvalue weighted by Gasteiger charge is 2.11. The Morgan fingerprint density at radius 3 is 2.50 bits per heavy atom. The van der Waals surface area contributed by atoms with Crippen molar-refractivity contribution < 1.29 is 23.8 Å². The van der Waals surface area contributed by atoms with Crippen molar-refractivity contribution in [1.29, 1.82) is 0 Å². The van der Waals surface area contributed by atoms with E-state index in [1.54, 1.807) is 12.1 Å². The van der Waals surface area contributed by atoms with Crippen LogP contribution in [0.5, 0.6) is 17.2 Å². The molecule has 0 atom stereocenters. The van der Waals surface area contributed by atoms with Crippen LogP contribution in [0.25, 0.3) is 0 Å². The number of amides is 2. The van der Waals surface area contributed by atoms with E-state index in [0.717, 1.165) is 5.56 Å². The molecule has 0 heterocycles. The largest absolute Gasteiger partial charge is 0.493 e. The van der Waals surface area contributed by atoms with Crippen molar-refractivity contribution in [2.75, 3.05) is 27.4 Å². The molecule has 0 aromatic heterocycles. The van der Waals surface area contributed by atoms with Crippen LogP contribution >= 0.6 is 0 Å². The molecule has 0 bridgehead atoms. The lowest BCUT2D eigenvalue weighted by Crippen LogP contribution is -2.34. The minimum absolute atomic E-state index is 0.225. The third kappa shape index (κ3) is 5.73. The molecule has 2 amide bonds. The minimum atomic E-state index is -0.459. The van der Waals surface area contributed by atoms with Gasteiger partial charge >= 0.3 is 0 Å². The summed E-state index contributed by atoms with van der Waals surface area (Å²) >= 11 is 0. The molecule has 2 N–H and O–H groups in total. The second-order valence-electron chi connectivity index (χ2n) is 5.52. The fourth-order valence-electron chi connectivity index (χ4n) is 2.33. The number of hydrogen-bond donors (Lipinski definition) is 2. The highest BCUT2D eigenvalue weighted by Crippen LogP contribution is 2.27. The van der Waals surface area contributed by atoms with Crippen LogP contribution in [0.4, 0.5) is 0 Å². The third-order valence-corrected chi connectivity index (χ3v) is 3.67. The van der Waals surface area contributed by atoms with E-state index < -0.39 is 11.8 Å². The van der Waals surface area contributed by atoms with Crippen LogP contribution in [0.3, 0.4) is 0 Å². The molecule has 0 saturated carbocycles. The molecule has 0 radical (unpaired) electrons. The molecule has 2 aromatic rings. The van der Waals surface area contributed by atoms with Crippen molar-refractivity contribution in [3.05, 3.63) is 53.6 Å². The summed E-state index contributed by atoms with van der Waals surface area (Å²) in [4.78, 5) is 24.1. The molecule has 148 valence electrons. The van der Waals surface area contributed by atoms with Crippen molar-refractivity contribution in [1.82, 2.24) is 10.7 Å². The van der Waals surface area contributed by atoms with E-state index in [9.17, 15) is 9.59 Å². The van der Waals surface area contributed by atoms with E-state index in [-0.39, 0.29) is 6.54 Å². The van der Waals surface area contributed by atoms with Crippen LogP contribution in [-0.2, 0) is 4.79 Å². The summed E-state index contributed by atoms with van der Waals surface area (Å²) in [6, 6.07) is 12.1. The van der Waals surface area contributed by atoms with Gasteiger partial charge in [-0.3, -0.25) is 9.59 Å². The first-order valence-electron chi connectivity index (χ1n) is 8.63. The van der Waals surface area contributed by atoms with Crippen LogP contribution in [0, 0.1) is 0 Å². The molecule has 0 unspecified atom stereocenters. The van der Waals surface area contributed by atoms with E-state index in [2.05, 4.69) is 15.8 Å². The first-order chi connectivity index (χ1) is 13.6. The monoisotopic (exact) mass is 385 g/mol. The van der Waals surface area contributed by atoms with Crippen molar-refractivity contribution in [3.8, 4) is 17.2 Å². The van der Waals surface area contributed by atoms with Gasteiger partial charge in [0.25, 0.3) is 11.8 Å². The van der Waals surface area contributed by atoms with Crippen LogP contribution in [0.15, 0.2) is 47.6 Å². The number of nitrogens with one attached hydrogen (secondary N) is 2. The van der Waals surface area contributed by atoms with E-state index in [1.165, 1.54) is 26.5 Å². The van der Waals surface area contributed by atoms with Gasteiger partial charge in [0.05, 0.1) is 33.6 Å². The lowest BCUT2D eigenvalue weighted by Gasteiger charge is -2.09. The Bertz CT molecular complexity index is 851. The maximum absolute atomic E-state index is 12.2. The molecule has 0 aliphatic heterocycles. The highest BCUT2D eigenvalue weighted by molar-refractivity contribution is 5.97. The number of carbonyl (C=O) groups excluding carboxylic acids is 2. The average Bonchev–Trinajstić information content (AvgIpc) is 2.72. The summed E-state index contributed by atoms with van der Waals surface area (Å²) in [5.74, 6) is 0.737. The molecule has 28 heavy (non-hydrogen) atoms. The Morgan fingerprint density at radius 2 is 1.79 bits per heavy atom. The van der Waals surface area contributed by atoms with E-state index in [4.69, 9.17) is 14.2 Å². The molecule has 2 aromatic carbocycles. The van der Waals surface area contributed by atoms with E-state index in [1.807, 2.05) is 31.2 Å². The van der Waals surface area contributed by atoms with Gasteiger partial charge < -0.3 is 19.5 Å². The number of benzene rings is 2. The van der Waals surface area contributed by atoms with Gasteiger partial charge in [0.15, 0.2) is 11.5 Å². The minimum Gasteiger partial charge on any atom is -0.493 e. The summed E-state index contributed by atoms with van der Waals surface area (Å²) < 4.78 is 15.8. The Labute approximate surface area is 163 Å². The molecule has 8 heteroatoms. The zero-order chi connectivity index (χ0) is 20.4. The number of rotatable bonds is 9. The molecule has 0 aliphatic carbocycles. The zero-order valence-corrected chi connectivity index (χ0v) is 16.0. The van der Waals surface area contributed by atoms with Gasteiger partial charge in [-0.1, -0.05) is 12.1 Å². The number of methoxy groups -OCH3 is 2. The molecule has 0 saturated heterocycles. The Balaban J connectivity index is 1.88. The second kappa shape index (κ2) is 10.6. The fraction of sp³-hybridized carbons (Fsp3) is 0.250. The molecule has 8 nitrogen and oxygen atoms in total. The normalized spacial score (nSPS) is 10.4. The van der Waals surface area contributed by atoms with Crippen molar-refractivity contribution in [2.45, 2.75) is 6.92 Å². The first-order valence-corrected chi connectivity index (χ1v) is 8.63. The molecule has 0 aliphatic rings. The lowest BCUT2D eigenvalue weighted by atomic mass is 10.2. The number of hydrogen-bond acceptors (Lipinski definition) is 6. The molecular weight excluding hydrogens is 362 g/mol. The predicted octanol–water partition coefficient (Wildman–Crippen LogP) is 1.98.